The molecule has 2 atom stereocenters. The summed E-state index contributed by atoms with van der Waals surface area (Å²) in [5.74, 6) is 0.307. The summed E-state index contributed by atoms with van der Waals surface area (Å²) in [5.41, 5.74) is 0. The second-order valence-electron chi connectivity index (χ2n) is 3.74. The fraction of sp³-hybridized carbons (Fsp3) is 0.889. The Morgan fingerprint density at radius 1 is 1.54 bits per heavy atom. The van der Waals surface area contributed by atoms with Crippen molar-refractivity contribution < 1.29 is 4.79 Å². The van der Waals surface area contributed by atoms with Crippen molar-refractivity contribution in [3.05, 3.63) is 0 Å². The first-order valence-electron chi connectivity index (χ1n) is 4.75. The number of piperidine rings is 1. The Hall–Kier alpha value is -0.610. The summed E-state index contributed by atoms with van der Waals surface area (Å²) in [6.45, 7) is 1.85. The van der Waals surface area contributed by atoms with E-state index < -0.39 is 0 Å². The van der Waals surface area contributed by atoms with Crippen LogP contribution in [0.1, 0.15) is 6.42 Å². The molecule has 4 heteroatoms. The molecule has 0 unspecified atom stereocenters. The Morgan fingerprint density at radius 2 is 2.23 bits per heavy atom. The van der Waals surface area contributed by atoms with Gasteiger partial charge in [-0.05, 0) is 27.1 Å². The summed E-state index contributed by atoms with van der Waals surface area (Å²) >= 11 is 0. The molecule has 1 rings (SSSR count). The van der Waals surface area contributed by atoms with Crippen molar-refractivity contribution in [2.75, 3.05) is 34.2 Å². The van der Waals surface area contributed by atoms with Gasteiger partial charge in [-0.3, -0.25) is 4.79 Å². The Kier molecular flexibility index (Phi) is 3.69. The van der Waals surface area contributed by atoms with Gasteiger partial charge in [0.25, 0.3) is 0 Å². The highest BCUT2D eigenvalue weighted by molar-refractivity contribution is 5.79. The van der Waals surface area contributed by atoms with Gasteiger partial charge in [0.2, 0.25) is 5.91 Å². The highest BCUT2D eigenvalue weighted by Crippen LogP contribution is 2.16. The van der Waals surface area contributed by atoms with E-state index in [0.29, 0.717) is 6.04 Å². The Labute approximate surface area is 79.7 Å². The van der Waals surface area contributed by atoms with Gasteiger partial charge < -0.3 is 15.5 Å². The molecule has 1 aliphatic heterocycles. The van der Waals surface area contributed by atoms with Crippen LogP contribution in [0.25, 0.3) is 0 Å². The molecule has 4 nitrogen and oxygen atoms in total. The Bertz CT molecular complexity index is 182. The Morgan fingerprint density at radius 3 is 2.77 bits per heavy atom. The number of hydrogen-bond acceptors (Lipinski definition) is 3. The zero-order valence-corrected chi connectivity index (χ0v) is 8.63. The van der Waals surface area contributed by atoms with Crippen LogP contribution in [0.2, 0.25) is 0 Å². The van der Waals surface area contributed by atoms with Gasteiger partial charge in [0.1, 0.15) is 0 Å². The van der Waals surface area contributed by atoms with E-state index >= 15 is 0 Å². The van der Waals surface area contributed by atoms with Crippen molar-refractivity contribution in [1.29, 1.82) is 0 Å². The topological polar surface area (TPSA) is 44.4 Å². The van der Waals surface area contributed by atoms with Gasteiger partial charge in [-0.15, -0.1) is 0 Å². The van der Waals surface area contributed by atoms with E-state index in [1.54, 1.807) is 7.05 Å². The average molecular weight is 185 g/mol. The summed E-state index contributed by atoms with van der Waals surface area (Å²) in [4.78, 5) is 13.6. The van der Waals surface area contributed by atoms with Crippen molar-refractivity contribution in [3.8, 4) is 0 Å². The zero-order chi connectivity index (χ0) is 9.84. The minimum absolute atomic E-state index is 0.140. The average Bonchev–Trinajstić information content (AvgIpc) is 2.16. The third-order valence-corrected chi connectivity index (χ3v) is 2.70. The lowest BCUT2D eigenvalue weighted by Crippen LogP contribution is -2.53. The summed E-state index contributed by atoms with van der Waals surface area (Å²) in [6, 6.07) is 0.327. The molecule has 0 saturated carbocycles. The number of carbonyl (C=O) groups is 1. The van der Waals surface area contributed by atoms with Crippen LogP contribution in [0.3, 0.4) is 0 Å². The molecule has 0 aromatic heterocycles. The lowest BCUT2D eigenvalue weighted by atomic mass is 9.91. The maximum atomic E-state index is 11.5. The molecule has 0 bridgehead atoms. The van der Waals surface area contributed by atoms with Crippen LogP contribution in [0.4, 0.5) is 0 Å². The molecule has 1 saturated heterocycles. The molecule has 0 aromatic carbocycles. The van der Waals surface area contributed by atoms with Crippen molar-refractivity contribution >= 4 is 5.91 Å². The molecule has 76 valence electrons. The molecule has 1 heterocycles. The molecule has 1 amide bonds. The van der Waals surface area contributed by atoms with Crippen LogP contribution >= 0.6 is 0 Å². The molecule has 0 spiro atoms. The van der Waals surface area contributed by atoms with Gasteiger partial charge in [-0.2, -0.15) is 0 Å². The number of hydrogen-bond donors (Lipinski definition) is 2. The first-order valence-corrected chi connectivity index (χ1v) is 4.75. The van der Waals surface area contributed by atoms with E-state index in [4.69, 9.17) is 0 Å². The van der Waals surface area contributed by atoms with Crippen molar-refractivity contribution in [1.82, 2.24) is 15.5 Å². The predicted octanol–water partition coefficient (Wildman–Crippen LogP) is -0.728. The fourth-order valence-corrected chi connectivity index (χ4v) is 1.88. The van der Waals surface area contributed by atoms with Crippen LogP contribution in [0, 0.1) is 5.92 Å². The van der Waals surface area contributed by atoms with Gasteiger partial charge in [0, 0.05) is 19.6 Å². The smallest absolute Gasteiger partial charge is 0.224 e. The molecule has 13 heavy (non-hydrogen) atoms. The summed E-state index contributed by atoms with van der Waals surface area (Å²) < 4.78 is 0. The zero-order valence-electron chi connectivity index (χ0n) is 8.63. The van der Waals surface area contributed by atoms with Crippen LogP contribution in [0.5, 0.6) is 0 Å². The second-order valence-corrected chi connectivity index (χ2v) is 3.74. The predicted molar refractivity (Wildman–Crippen MR) is 52.5 cm³/mol. The molecule has 1 aliphatic rings. The van der Waals surface area contributed by atoms with E-state index in [-0.39, 0.29) is 11.8 Å². The SMILES string of the molecule is CNC(=O)[C@H]1CCNC[C@H]1N(C)C. The highest BCUT2D eigenvalue weighted by Gasteiger charge is 2.31. The second kappa shape index (κ2) is 4.58. The lowest BCUT2D eigenvalue weighted by molar-refractivity contribution is -0.127. The van der Waals surface area contributed by atoms with E-state index in [1.807, 2.05) is 14.1 Å². The minimum atomic E-state index is 0.140. The molecular weight excluding hydrogens is 166 g/mol. The first kappa shape index (κ1) is 10.5. The van der Waals surface area contributed by atoms with Crippen molar-refractivity contribution in [3.63, 3.8) is 0 Å². The number of nitrogens with zero attached hydrogens (tertiary/aromatic N) is 1. The standard InChI is InChI=1S/C9H19N3O/c1-10-9(13)7-4-5-11-6-8(7)12(2)3/h7-8,11H,4-6H2,1-3H3,(H,10,13)/t7-,8+/m0/s1. The van der Waals surface area contributed by atoms with E-state index in [9.17, 15) is 4.79 Å². The van der Waals surface area contributed by atoms with Gasteiger partial charge >= 0.3 is 0 Å². The van der Waals surface area contributed by atoms with E-state index in [2.05, 4.69) is 15.5 Å². The van der Waals surface area contributed by atoms with Gasteiger partial charge in [-0.25, -0.2) is 0 Å². The maximum Gasteiger partial charge on any atom is 0.224 e. The third kappa shape index (κ3) is 2.42. The van der Waals surface area contributed by atoms with Crippen LogP contribution < -0.4 is 10.6 Å². The minimum Gasteiger partial charge on any atom is -0.359 e. The first-order chi connectivity index (χ1) is 6.16. The largest absolute Gasteiger partial charge is 0.359 e. The number of amides is 1. The van der Waals surface area contributed by atoms with Crippen molar-refractivity contribution in [2.24, 2.45) is 5.92 Å². The molecular formula is C9H19N3O. The monoisotopic (exact) mass is 185 g/mol. The molecule has 1 fully saturated rings. The number of carbonyl (C=O) groups excluding carboxylic acids is 1. The number of likely N-dealkylation sites (N-methyl/N-ethyl adjacent to an activating group) is 1. The van der Waals surface area contributed by atoms with Gasteiger partial charge in [-0.1, -0.05) is 0 Å². The molecule has 0 aromatic rings. The maximum absolute atomic E-state index is 11.5. The van der Waals surface area contributed by atoms with Crippen LogP contribution in [-0.2, 0) is 4.79 Å². The summed E-state index contributed by atoms with van der Waals surface area (Å²) in [7, 11) is 5.75. The summed E-state index contributed by atoms with van der Waals surface area (Å²) in [6.07, 6.45) is 0.933. The van der Waals surface area contributed by atoms with E-state index in [0.717, 1.165) is 19.5 Å². The quantitative estimate of drug-likeness (QED) is 0.596. The lowest BCUT2D eigenvalue weighted by Gasteiger charge is -2.35. The van der Waals surface area contributed by atoms with Crippen LogP contribution in [0.15, 0.2) is 0 Å². The van der Waals surface area contributed by atoms with E-state index in [1.165, 1.54) is 0 Å². The summed E-state index contributed by atoms with van der Waals surface area (Å²) in [5, 5.41) is 6.03. The number of rotatable bonds is 2. The highest BCUT2D eigenvalue weighted by atomic mass is 16.1. The van der Waals surface area contributed by atoms with Crippen LogP contribution in [-0.4, -0.2) is 51.1 Å². The number of nitrogens with one attached hydrogen (secondary N) is 2. The fourth-order valence-electron chi connectivity index (χ4n) is 1.88. The van der Waals surface area contributed by atoms with Crippen molar-refractivity contribution in [2.45, 2.75) is 12.5 Å². The van der Waals surface area contributed by atoms with Gasteiger partial charge in [0.05, 0.1) is 5.92 Å². The normalized spacial score (nSPS) is 28.9. The van der Waals surface area contributed by atoms with Gasteiger partial charge in [0.15, 0.2) is 0 Å². The Balaban J connectivity index is 2.61. The molecule has 0 aliphatic carbocycles. The third-order valence-electron chi connectivity index (χ3n) is 2.70. The molecule has 0 radical (unpaired) electrons. The molecule has 2 N–H and O–H groups in total.